The topological polar surface area (TPSA) is 59.0 Å². The molecular weight excluding hydrogens is 294 g/mol. The first-order valence-electron chi connectivity index (χ1n) is 7.08. The van der Waals surface area contributed by atoms with Crippen LogP contribution in [0.2, 0.25) is 5.02 Å². The number of rotatable bonds is 7. The standard InChI is InChI=1S/C15H20ClNO4/c1-20-13-10-11(15(18)19)9-12(16)14(13)21-8-4-7-17-5-2-3-6-17/h9-10H,2-8H2,1H3,(H,18,19). The third kappa shape index (κ3) is 4.25. The predicted molar refractivity (Wildman–Crippen MR) is 80.7 cm³/mol. The van der Waals surface area contributed by atoms with Gasteiger partial charge in [0.15, 0.2) is 11.5 Å². The van der Waals surface area contributed by atoms with E-state index in [-0.39, 0.29) is 10.6 Å². The molecule has 0 aromatic heterocycles. The number of hydrogen-bond donors (Lipinski definition) is 1. The molecule has 1 aromatic carbocycles. The maximum Gasteiger partial charge on any atom is 0.335 e. The fourth-order valence-corrected chi connectivity index (χ4v) is 2.72. The van der Waals surface area contributed by atoms with Gasteiger partial charge in [-0.2, -0.15) is 0 Å². The number of carboxylic acids is 1. The zero-order valence-corrected chi connectivity index (χ0v) is 12.9. The van der Waals surface area contributed by atoms with Gasteiger partial charge in [-0.1, -0.05) is 11.6 Å². The average Bonchev–Trinajstić information content (AvgIpc) is 2.97. The van der Waals surface area contributed by atoms with Crippen LogP contribution in [0.5, 0.6) is 11.5 Å². The summed E-state index contributed by atoms with van der Waals surface area (Å²) in [7, 11) is 1.47. The van der Waals surface area contributed by atoms with E-state index in [0.717, 1.165) is 26.1 Å². The average molecular weight is 314 g/mol. The Bertz CT molecular complexity index is 501. The van der Waals surface area contributed by atoms with E-state index in [0.29, 0.717) is 18.1 Å². The summed E-state index contributed by atoms with van der Waals surface area (Å²) >= 11 is 6.08. The lowest BCUT2D eigenvalue weighted by atomic mass is 10.2. The van der Waals surface area contributed by atoms with Crippen molar-refractivity contribution in [2.24, 2.45) is 0 Å². The van der Waals surface area contributed by atoms with Gasteiger partial charge in [0.1, 0.15) is 0 Å². The molecule has 0 radical (unpaired) electrons. The fraction of sp³-hybridized carbons (Fsp3) is 0.533. The number of likely N-dealkylation sites (tertiary alicyclic amines) is 1. The number of nitrogens with zero attached hydrogens (tertiary/aromatic N) is 1. The van der Waals surface area contributed by atoms with Crippen LogP contribution in [-0.2, 0) is 0 Å². The second-order valence-corrected chi connectivity index (χ2v) is 5.45. The lowest BCUT2D eigenvalue weighted by molar-refractivity contribution is 0.0696. The second-order valence-electron chi connectivity index (χ2n) is 5.05. The first kappa shape index (κ1) is 15.9. The summed E-state index contributed by atoms with van der Waals surface area (Å²) in [5.41, 5.74) is 0.0845. The molecule has 0 spiro atoms. The molecule has 1 aliphatic rings. The van der Waals surface area contributed by atoms with Gasteiger partial charge in [0.25, 0.3) is 0 Å². The van der Waals surface area contributed by atoms with Gasteiger partial charge in [-0.15, -0.1) is 0 Å². The molecule has 0 saturated carbocycles. The largest absolute Gasteiger partial charge is 0.493 e. The summed E-state index contributed by atoms with van der Waals surface area (Å²) in [5.74, 6) is -0.289. The Hall–Kier alpha value is -1.46. The molecule has 0 unspecified atom stereocenters. The second kappa shape index (κ2) is 7.52. The number of ether oxygens (including phenoxy) is 2. The van der Waals surface area contributed by atoms with Crippen LogP contribution in [0, 0.1) is 0 Å². The van der Waals surface area contributed by atoms with Crippen molar-refractivity contribution in [1.29, 1.82) is 0 Å². The van der Waals surface area contributed by atoms with Crippen molar-refractivity contribution in [2.45, 2.75) is 19.3 Å². The van der Waals surface area contributed by atoms with Crippen LogP contribution in [0.15, 0.2) is 12.1 Å². The Labute approximate surface area is 129 Å². The molecule has 116 valence electrons. The van der Waals surface area contributed by atoms with E-state index in [1.807, 2.05) is 0 Å². The van der Waals surface area contributed by atoms with Gasteiger partial charge in [0, 0.05) is 6.54 Å². The molecule has 0 amide bonds. The Balaban J connectivity index is 1.93. The summed E-state index contributed by atoms with van der Waals surface area (Å²) in [6.45, 7) is 3.86. The number of hydrogen-bond acceptors (Lipinski definition) is 4. The van der Waals surface area contributed by atoms with E-state index in [1.165, 1.54) is 32.1 Å². The van der Waals surface area contributed by atoms with E-state index in [1.54, 1.807) is 0 Å². The number of carboxylic acid groups (broad SMARTS) is 1. The summed E-state index contributed by atoms with van der Waals surface area (Å²) in [6, 6.07) is 2.80. The molecular formula is C15H20ClNO4. The lowest BCUT2D eigenvalue weighted by Crippen LogP contribution is -2.22. The third-order valence-electron chi connectivity index (χ3n) is 3.54. The highest BCUT2D eigenvalue weighted by Crippen LogP contribution is 2.36. The van der Waals surface area contributed by atoms with Crippen LogP contribution >= 0.6 is 11.6 Å². The molecule has 0 bridgehead atoms. The fourth-order valence-electron chi connectivity index (χ4n) is 2.45. The SMILES string of the molecule is COc1cc(C(=O)O)cc(Cl)c1OCCCN1CCCC1. The van der Waals surface area contributed by atoms with Crippen LogP contribution in [0.3, 0.4) is 0 Å². The maximum atomic E-state index is 11.0. The predicted octanol–water partition coefficient (Wildman–Crippen LogP) is 2.91. The molecule has 1 heterocycles. The highest BCUT2D eigenvalue weighted by molar-refractivity contribution is 6.32. The first-order chi connectivity index (χ1) is 10.1. The summed E-state index contributed by atoms with van der Waals surface area (Å²) < 4.78 is 10.8. The monoisotopic (exact) mass is 313 g/mol. The number of halogens is 1. The highest BCUT2D eigenvalue weighted by Gasteiger charge is 2.16. The summed E-state index contributed by atoms with van der Waals surface area (Å²) in [5, 5.41) is 9.25. The van der Waals surface area contributed by atoms with Crippen LogP contribution in [0.1, 0.15) is 29.6 Å². The van der Waals surface area contributed by atoms with Crippen LogP contribution in [-0.4, -0.2) is 49.3 Å². The van der Waals surface area contributed by atoms with Gasteiger partial charge in [0.05, 0.1) is 24.3 Å². The Morgan fingerprint density at radius 3 is 2.71 bits per heavy atom. The summed E-state index contributed by atoms with van der Waals surface area (Å²) in [6.07, 6.45) is 3.45. The minimum Gasteiger partial charge on any atom is -0.493 e. The highest BCUT2D eigenvalue weighted by atomic mass is 35.5. The van der Waals surface area contributed by atoms with Gasteiger partial charge in [-0.25, -0.2) is 4.79 Å². The molecule has 1 aromatic rings. The molecule has 5 nitrogen and oxygen atoms in total. The molecule has 1 saturated heterocycles. The lowest BCUT2D eigenvalue weighted by Gasteiger charge is -2.16. The molecule has 0 aliphatic carbocycles. The zero-order chi connectivity index (χ0) is 15.2. The van der Waals surface area contributed by atoms with E-state index in [4.69, 9.17) is 26.2 Å². The Morgan fingerprint density at radius 1 is 1.38 bits per heavy atom. The van der Waals surface area contributed by atoms with Crippen LogP contribution in [0.25, 0.3) is 0 Å². The minimum absolute atomic E-state index is 0.0845. The first-order valence-corrected chi connectivity index (χ1v) is 7.45. The molecule has 2 rings (SSSR count). The van der Waals surface area contributed by atoms with Gasteiger partial charge < -0.3 is 19.5 Å². The van der Waals surface area contributed by atoms with Crippen molar-refractivity contribution in [3.8, 4) is 11.5 Å². The maximum absolute atomic E-state index is 11.0. The van der Waals surface area contributed by atoms with Crippen LogP contribution < -0.4 is 9.47 Å². The Kier molecular flexibility index (Phi) is 5.70. The third-order valence-corrected chi connectivity index (χ3v) is 3.82. The van der Waals surface area contributed by atoms with Crippen LogP contribution in [0.4, 0.5) is 0 Å². The van der Waals surface area contributed by atoms with Gasteiger partial charge in [-0.3, -0.25) is 0 Å². The minimum atomic E-state index is -1.05. The molecule has 1 N–H and O–H groups in total. The molecule has 1 fully saturated rings. The Morgan fingerprint density at radius 2 is 2.10 bits per heavy atom. The number of aromatic carboxylic acids is 1. The number of methoxy groups -OCH3 is 1. The molecule has 1 aliphatic heterocycles. The van der Waals surface area contributed by atoms with Gasteiger partial charge >= 0.3 is 5.97 Å². The van der Waals surface area contributed by atoms with Gasteiger partial charge in [-0.05, 0) is 44.5 Å². The van der Waals surface area contributed by atoms with Crippen molar-refractivity contribution in [3.05, 3.63) is 22.7 Å². The number of benzene rings is 1. The molecule has 21 heavy (non-hydrogen) atoms. The normalized spacial score (nSPS) is 15.1. The van der Waals surface area contributed by atoms with Crippen molar-refractivity contribution < 1.29 is 19.4 Å². The smallest absolute Gasteiger partial charge is 0.335 e. The van der Waals surface area contributed by atoms with E-state index < -0.39 is 5.97 Å². The van der Waals surface area contributed by atoms with Crippen molar-refractivity contribution >= 4 is 17.6 Å². The van der Waals surface area contributed by atoms with E-state index >= 15 is 0 Å². The quantitative estimate of drug-likeness (QED) is 0.784. The molecule has 6 heteroatoms. The van der Waals surface area contributed by atoms with Crippen molar-refractivity contribution in [1.82, 2.24) is 4.90 Å². The van der Waals surface area contributed by atoms with E-state index in [9.17, 15) is 4.79 Å². The summed E-state index contributed by atoms with van der Waals surface area (Å²) in [4.78, 5) is 13.4. The van der Waals surface area contributed by atoms with Crippen molar-refractivity contribution in [2.75, 3.05) is 33.4 Å². The molecule has 0 atom stereocenters. The van der Waals surface area contributed by atoms with Crippen molar-refractivity contribution in [3.63, 3.8) is 0 Å². The zero-order valence-electron chi connectivity index (χ0n) is 12.1. The number of carbonyl (C=O) groups is 1. The van der Waals surface area contributed by atoms with E-state index in [2.05, 4.69) is 4.90 Å². The van der Waals surface area contributed by atoms with Gasteiger partial charge in [0.2, 0.25) is 0 Å².